The Morgan fingerprint density at radius 2 is 1.71 bits per heavy atom. The number of methoxy groups -OCH3 is 1. The Kier molecular flexibility index (Phi) is 12.5. The molecule has 68 heavy (non-hydrogen) atoms. The standard InChI is InChI=1S/C49H56F3N9O7/c1-27(30-20-31(49(50,51)52)22-32(53)21-30)54-43-35-23-40(39(67-4)24-36(35)55-28(2)56-43)68-26-48(14-15-48)25-58(3)45(64)29-8-10-33(11-9-29)59-16-18-60(19-17-59)37-7-5-6-34-42(37)47(66)61(46(34)65)38-12-13-41(62)57-44(38)63/h5-7,20-24,27,29,33,38H,8-19,25-26,53H2,1-4H3,(H,54,55,56)(H,57,62,63)/t27-,29?,33?,38?/m1/s1. The van der Waals surface area contributed by atoms with Crippen molar-refractivity contribution in [3.63, 3.8) is 0 Å². The number of amides is 5. The Balaban J connectivity index is 0.781. The van der Waals surface area contributed by atoms with E-state index in [1.54, 1.807) is 45.2 Å². The normalized spacial score (nSPS) is 22.2. The zero-order valence-electron chi connectivity index (χ0n) is 38.6. The minimum atomic E-state index is -4.55. The molecule has 4 N–H and O–H groups in total. The summed E-state index contributed by atoms with van der Waals surface area (Å²) in [7, 11) is 3.41. The number of halogens is 3. The van der Waals surface area contributed by atoms with Crippen LogP contribution in [0.2, 0.25) is 0 Å². The first-order chi connectivity index (χ1) is 32.4. The summed E-state index contributed by atoms with van der Waals surface area (Å²) in [6.07, 6.45) is 0.730. The van der Waals surface area contributed by atoms with Crippen LogP contribution in [0.1, 0.15) is 102 Å². The molecular weight excluding hydrogens is 884 g/mol. The van der Waals surface area contributed by atoms with Crippen LogP contribution in [0.25, 0.3) is 10.9 Å². The van der Waals surface area contributed by atoms with E-state index >= 15 is 0 Å². The van der Waals surface area contributed by atoms with Crippen molar-refractivity contribution in [1.82, 2.24) is 30.0 Å². The number of hydrogen-bond acceptors (Lipinski definition) is 13. The molecule has 16 nitrogen and oxygen atoms in total. The zero-order valence-corrected chi connectivity index (χ0v) is 38.6. The summed E-state index contributed by atoms with van der Waals surface area (Å²) in [5.41, 5.74) is 6.96. The number of rotatable bonds is 13. The van der Waals surface area contributed by atoms with E-state index in [1.807, 2.05) is 18.0 Å². The van der Waals surface area contributed by atoms with Crippen LogP contribution in [0, 0.1) is 18.3 Å². The number of nitrogens with two attached hydrogens (primary N) is 1. The van der Waals surface area contributed by atoms with E-state index in [0.717, 1.165) is 68.6 Å². The highest BCUT2D eigenvalue weighted by Crippen LogP contribution is 2.48. The van der Waals surface area contributed by atoms with Gasteiger partial charge in [-0.25, -0.2) is 9.97 Å². The van der Waals surface area contributed by atoms with E-state index in [-0.39, 0.29) is 41.3 Å². The molecule has 5 amide bonds. The number of hydrogen-bond donors (Lipinski definition) is 3. The number of benzene rings is 3. The molecule has 1 aromatic heterocycles. The quantitative estimate of drug-likeness (QED) is 0.103. The molecule has 1 unspecified atom stereocenters. The maximum atomic E-state index is 13.9. The molecule has 0 radical (unpaired) electrons. The zero-order chi connectivity index (χ0) is 48.2. The molecule has 4 fully saturated rings. The minimum Gasteiger partial charge on any atom is -0.493 e. The summed E-state index contributed by atoms with van der Waals surface area (Å²) in [6, 6.07) is 11.0. The Morgan fingerprint density at radius 1 is 0.971 bits per heavy atom. The molecule has 0 bridgehead atoms. The summed E-state index contributed by atoms with van der Waals surface area (Å²) in [5, 5.41) is 6.11. The molecule has 0 spiro atoms. The van der Waals surface area contributed by atoms with E-state index < -0.39 is 47.5 Å². The Hall–Kier alpha value is -6.50. The summed E-state index contributed by atoms with van der Waals surface area (Å²) in [6.45, 7) is 7.17. The first-order valence-electron chi connectivity index (χ1n) is 23.2. The average molecular weight is 940 g/mol. The number of piperazine rings is 1. The maximum Gasteiger partial charge on any atom is 0.416 e. The minimum absolute atomic E-state index is 0.00342. The number of fused-ring (bicyclic) bond motifs is 2. The first kappa shape index (κ1) is 46.6. The van der Waals surface area contributed by atoms with Crippen molar-refractivity contribution in [2.75, 3.05) is 69.4 Å². The van der Waals surface area contributed by atoms with Crippen molar-refractivity contribution >= 4 is 57.6 Å². The van der Waals surface area contributed by atoms with E-state index in [0.29, 0.717) is 83.1 Å². The van der Waals surface area contributed by atoms with Gasteiger partial charge in [-0.1, -0.05) is 6.07 Å². The first-order valence-corrected chi connectivity index (χ1v) is 23.2. The van der Waals surface area contributed by atoms with Gasteiger partial charge in [0.2, 0.25) is 17.7 Å². The van der Waals surface area contributed by atoms with Gasteiger partial charge in [0.1, 0.15) is 17.7 Å². The van der Waals surface area contributed by atoms with E-state index in [4.69, 9.17) is 15.2 Å². The molecule has 360 valence electrons. The van der Waals surface area contributed by atoms with Crippen LogP contribution in [-0.2, 0) is 20.6 Å². The second-order valence-corrected chi connectivity index (χ2v) is 19.1. The lowest BCUT2D eigenvalue weighted by Crippen LogP contribution is -2.54. The molecule has 19 heteroatoms. The molecule has 2 aliphatic carbocycles. The van der Waals surface area contributed by atoms with Crippen LogP contribution in [-0.4, -0.2) is 120 Å². The maximum absolute atomic E-state index is 13.9. The smallest absolute Gasteiger partial charge is 0.416 e. The number of carbonyl (C=O) groups excluding carboxylic acids is 5. The highest BCUT2D eigenvalue weighted by Gasteiger charge is 2.48. The monoisotopic (exact) mass is 939 g/mol. The molecule has 2 saturated carbocycles. The van der Waals surface area contributed by atoms with Gasteiger partial charge in [-0.15, -0.1) is 0 Å². The number of anilines is 3. The predicted octanol–water partition coefficient (Wildman–Crippen LogP) is 6.12. The topological polar surface area (TPSA) is 193 Å². The average Bonchev–Trinajstić information content (AvgIpc) is 4.03. The molecule has 2 saturated heterocycles. The number of imide groups is 2. The number of piperidine rings is 1. The van der Waals surface area contributed by atoms with Crippen LogP contribution in [0.5, 0.6) is 11.5 Å². The van der Waals surface area contributed by atoms with Gasteiger partial charge in [0.15, 0.2) is 11.5 Å². The Bertz CT molecular complexity index is 2680. The summed E-state index contributed by atoms with van der Waals surface area (Å²) in [4.78, 5) is 82.0. The second kappa shape index (κ2) is 18.2. The molecule has 9 rings (SSSR count). The summed E-state index contributed by atoms with van der Waals surface area (Å²) < 4.78 is 53.0. The highest BCUT2D eigenvalue weighted by atomic mass is 19.4. The Labute approximate surface area is 391 Å². The van der Waals surface area contributed by atoms with E-state index in [9.17, 15) is 37.1 Å². The van der Waals surface area contributed by atoms with E-state index in [2.05, 4.69) is 30.4 Å². The largest absolute Gasteiger partial charge is 0.493 e. The van der Waals surface area contributed by atoms with Gasteiger partial charge in [0.05, 0.1) is 47.7 Å². The highest BCUT2D eigenvalue weighted by molar-refractivity contribution is 6.25. The van der Waals surface area contributed by atoms with Gasteiger partial charge in [-0.05, 0) is 101 Å². The molecule has 5 aliphatic rings. The number of nitrogen functional groups attached to an aromatic ring is 1. The number of alkyl halides is 3. The molecule has 3 aliphatic heterocycles. The SMILES string of the molecule is COc1cc2nc(C)nc(N[C@H](C)c3cc(N)cc(C(F)(F)F)c3)c2cc1OCC1(CN(C)C(=O)C2CCC(N3CCN(c4cccc5c4C(=O)N(C4CCC(=O)NC4=O)C5=O)CC3)CC2)CC1. The Morgan fingerprint density at radius 3 is 2.38 bits per heavy atom. The van der Waals surface area contributed by atoms with Crippen molar-refractivity contribution in [1.29, 1.82) is 0 Å². The van der Waals surface area contributed by atoms with Crippen molar-refractivity contribution < 1.29 is 46.6 Å². The number of carbonyl (C=O) groups is 5. The molecule has 4 aromatic rings. The van der Waals surface area contributed by atoms with Gasteiger partial charge in [-0.3, -0.25) is 39.1 Å². The van der Waals surface area contributed by atoms with Gasteiger partial charge in [-0.2, -0.15) is 13.2 Å². The van der Waals surface area contributed by atoms with Gasteiger partial charge in [0.25, 0.3) is 11.8 Å². The third-order valence-electron chi connectivity index (χ3n) is 14.4. The van der Waals surface area contributed by atoms with E-state index in [1.165, 1.54) is 6.07 Å². The number of aromatic nitrogens is 2. The van der Waals surface area contributed by atoms with Gasteiger partial charge < -0.3 is 30.3 Å². The number of nitrogens with one attached hydrogen (secondary N) is 2. The lowest BCUT2D eigenvalue weighted by Gasteiger charge is -2.43. The fraction of sp³-hybridized carbons (Fsp3) is 0.490. The lowest BCUT2D eigenvalue weighted by atomic mass is 9.84. The van der Waals surface area contributed by atoms with Gasteiger partial charge in [0, 0.05) is 80.7 Å². The number of aryl methyl sites for hydroxylation is 1. The third-order valence-corrected chi connectivity index (χ3v) is 14.4. The van der Waals surface area contributed by atoms with Crippen LogP contribution in [0.15, 0.2) is 48.5 Å². The van der Waals surface area contributed by atoms with Crippen LogP contribution >= 0.6 is 0 Å². The van der Waals surface area contributed by atoms with Gasteiger partial charge >= 0.3 is 6.18 Å². The number of nitrogens with zero attached hydrogens (tertiary/aromatic N) is 6. The van der Waals surface area contributed by atoms with Crippen LogP contribution in [0.4, 0.5) is 30.4 Å². The van der Waals surface area contributed by atoms with Crippen molar-refractivity contribution in [2.45, 2.75) is 89.5 Å². The fourth-order valence-electron chi connectivity index (χ4n) is 10.4. The van der Waals surface area contributed by atoms with Crippen LogP contribution < -0.4 is 30.7 Å². The second-order valence-electron chi connectivity index (χ2n) is 19.1. The predicted molar refractivity (Wildman–Crippen MR) is 246 cm³/mol. The summed E-state index contributed by atoms with van der Waals surface area (Å²) >= 11 is 0. The van der Waals surface area contributed by atoms with Crippen LogP contribution in [0.3, 0.4) is 0 Å². The molecule has 2 atom stereocenters. The van der Waals surface area contributed by atoms with Crippen molar-refractivity contribution in [2.24, 2.45) is 11.3 Å². The lowest BCUT2D eigenvalue weighted by molar-refractivity contribution is -0.138. The fourth-order valence-corrected chi connectivity index (χ4v) is 10.4. The van der Waals surface area contributed by atoms with Crippen molar-refractivity contribution in [3.05, 3.63) is 76.6 Å². The number of ether oxygens (including phenoxy) is 2. The molecule has 3 aromatic carbocycles. The third kappa shape index (κ3) is 9.23. The molecule has 4 heterocycles. The summed E-state index contributed by atoms with van der Waals surface area (Å²) in [5.74, 6) is -0.232. The van der Waals surface area contributed by atoms with Crippen molar-refractivity contribution in [3.8, 4) is 11.5 Å². The molecular formula is C49H56F3N9O7.